The standard InChI is InChI=1S/C12H14N4O4/c1-2-12-14-11(15-20-12)7-19-10-5-8(6-13)3-4-9(10)16(17)18/h3-5H,2,6-7,13H2,1H3. The molecule has 0 fully saturated rings. The number of hydrogen-bond acceptors (Lipinski definition) is 7. The fourth-order valence-electron chi connectivity index (χ4n) is 1.59. The van der Waals surface area contributed by atoms with Crippen molar-refractivity contribution in [2.75, 3.05) is 0 Å². The molecule has 0 unspecified atom stereocenters. The quantitative estimate of drug-likeness (QED) is 0.629. The Labute approximate surface area is 114 Å². The van der Waals surface area contributed by atoms with Crippen molar-refractivity contribution in [1.29, 1.82) is 0 Å². The molecule has 0 aliphatic carbocycles. The zero-order valence-electron chi connectivity index (χ0n) is 10.9. The number of rotatable bonds is 6. The van der Waals surface area contributed by atoms with Crippen molar-refractivity contribution in [3.05, 3.63) is 45.6 Å². The van der Waals surface area contributed by atoms with Gasteiger partial charge >= 0.3 is 5.69 Å². The molecule has 20 heavy (non-hydrogen) atoms. The number of nitro groups is 1. The zero-order valence-corrected chi connectivity index (χ0v) is 10.9. The van der Waals surface area contributed by atoms with E-state index in [0.717, 1.165) is 5.56 Å². The number of nitrogens with zero attached hydrogens (tertiary/aromatic N) is 3. The van der Waals surface area contributed by atoms with Gasteiger partial charge in [0, 0.05) is 19.0 Å². The maximum absolute atomic E-state index is 10.9. The average molecular weight is 278 g/mol. The van der Waals surface area contributed by atoms with Crippen LogP contribution >= 0.6 is 0 Å². The molecular formula is C12H14N4O4. The second kappa shape index (κ2) is 6.11. The fourth-order valence-corrected chi connectivity index (χ4v) is 1.59. The molecule has 1 aromatic carbocycles. The van der Waals surface area contributed by atoms with Crippen molar-refractivity contribution in [3.8, 4) is 5.75 Å². The number of nitro benzene ring substituents is 1. The third-order valence-corrected chi connectivity index (χ3v) is 2.63. The van der Waals surface area contributed by atoms with E-state index in [1.54, 1.807) is 12.1 Å². The molecule has 0 saturated heterocycles. The first-order chi connectivity index (χ1) is 9.63. The number of hydrogen-bond donors (Lipinski definition) is 1. The lowest BCUT2D eigenvalue weighted by atomic mass is 10.2. The smallest absolute Gasteiger partial charge is 0.310 e. The van der Waals surface area contributed by atoms with E-state index in [1.807, 2.05) is 6.92 Å². The summed E-state index contributed by atoms with van der Waals surface area (Å²) in [6.07, 6.45) is 0.621. The predicted molar refractivity (Wildman–Crippen MR) is 69.0 cm³/mol. The minimum atomic E-state index is -0.511. The predicted octanol–water partition coefficient (Wildman–Crippen LogP) is 1.58. The molecule has 2 aromatic rings. The molecule has 0 spiro atoms. The summed E-state index contributed by atoms with van der Waals surface area (Å²) in [7, 11) is 0. The molecule has 2 N–H and O–H groups in total. The van der Waals surface area contributed by atoms with Crippen molar-refractivity contribution in [2.24, 2.45) is 5.73 Å². The van der Waals surface area contributed by atoms with Gasteiger partial charge in [-0.2, -0.15) is 4.98 Å². The van der Waals surface area contributed by atoms with E-state index in [9.17, 15) is 10.1 Å². The maximum atomic E-state index is 10.9. The Hall–Kier alpha value is -2.48. The minimum Gasteiger partial charge on any atom is -0.478 e. The lowest BCUT2D eigenvalue weighted by Gasteiger charge is -2.06. The van der Waals surface area contributed by atoms with E-state index in [2.05, 4.69) is 10.1 Å². The van der Waals surface area contributed by atoms with Crippen molar-refractivity contribution >= 4 is 5.69 Å². The molecule has 8 nitrogen and oxygen atoms in total. The van der Waals surface area contributed by atoms with Crippen molar-refractivity contribution in [1.82, 2.24) is 10.1 Å². The Morgan fingerprint density at radius 1 is 1.50 bits per heavy atom. The van der Waals surface area contributed by atoms with Crippen LogP contribution in [0.15, 0.2) is 22.7 Å². The highest BCUT2D eigenvalue weighted by molar-refractivity contribution is 5.48. The summed E-state index contributed by atoms with van der Waals surface area (Å²) in [6, 6.07) is 4.50. The first-order valence-electron chi connectivity index (χ1n) is 6.05. The van der Waals surface area contributed by atoms with Gasteiger partial charge < -0.3 is 15.0 Å². The molecule has 0 atom stereocenters. The van der Waals surface area contributed by atoms with Gasteiger partial charge in [0.1, 0.15) is 0 Å². The molecule has 8 heteroatoms. The normalized spacial score (nSPS) is 10.5. The van der Waals surface area contributed by atoms with Crippen LogP contribution in [0.2, 0.25) is 0 Å². The summed E-state index contributed by atoms with van der Waals surface area (Å²) in [6.45, 7) is 2.16. The molecule has 2 rings (SSSR count). The van der Waals surface area contributed by atoms with Crippen LogP contribution in [-0.2, 0) is 19.6 Å². The summed E-state index contributed by atoms with van der Waals surface area (Å²) < 4.78 is 10.3. The number of benzene rings is 1. The Morgan fingerprint density at radius 2 is 2.30 bits per heavy atom. The van der Waals surface area contributed by atoms with Gasteiger partial charge in [0.05, 0.1) is 4.92 Å². The van der Waals surface area contributed by atoms with Crippen LogP contribution in [0.1, 0.15) is 24.2 Å². The van der Waals surface area contributed by atoms with E-state index in [4.69, 9.17) is 15.0 Å². The van der Waals surface area contributed by atoms with Gasteiger partial charge in [-0.3, -0.25) is 10.1 Å². The van der Waals surface area contributed by atoms with Crippen LogP contribution < -0.4 is 10.5 Å². The molecule has 0 bridgehead atoms. The Bertz CT molecular complexity index is 611. The molecule has 0 radical (unpaired) electrons. The molecule has 1 aromatic heterocycles. The second-order valence-corrected chi connectivity index (χ2v) is 4.01. The minimum absolute atomic E-state index is 0.00162. The lowest BCUT2D eigenvalue weighted by molar-refractivity contribution is -0.386. The third-order valence-electron chi connectivity index (χ3n) is 2.63. The number of aryl methyl sites for hydroxylation is 1. The Morgan fingerprint density at radius 3 is 2.90 bits per heavy atom. The SMILES string of the molecule is CCc1nc(COc2cc(CN)ccc2[N+](=O)[O-])no1. The summed E-state index contributed by atoms with van der Waals surface area (Å²) >= 11 is 0. The van der Waals surface area contributed by atoms with E-state index in [1.165, 1.54) is 6.07 Å². The topological polar surface area (TPSA) is 117 Å². The van der Waals surface area contributed by atoms with Crippen molar-refractivity contribution < 1.29 is 14.2 Å². The van der Waals surface area contributed by atoms with Crippen LogP contribution in [0.5, 0.6) is 5.75 Å². The van der Waals surface area contributed by atoms with E-state index in [-0.39, 0.29) is 24.6 Å². The lowest BCUT2D eigenvalue weighted by Crippen LogP contribution is -2.03. The first-order valence-corrected chi connectivity index (χ1v) is 6.05. The molecule has 106 valence electrons. The Balaban J connectivity index is 2.16. The van der Waals surface area contributed by atoms with Gasteiger partial charge in [-0.15, -0.1) is 0 Å². The third kappa shape index (κ3) is 3.09. The van der Waals surface area contributed by atoms with Crippen LogP contribution in [0.3, 0.4) is 0 Å². The Kier molecular flexibility index (Phi) is 4.26. The molecular weight excluding hydrogens is 264 g/mol. The second-order valence-electron chi connectivity index (χ2n) is 4.01. The van der Waals surface area contributed by atoms with Crippen molar-refractivity contribution in [2.45, 2.75) is 26.5 Å². The van der Waals surface area contributed by atoms with Crippen LogP contribution in [-0.4, -0.2) is 15.1 Å². The van der Waals surface area contributed by atoms with E-state index < -0.39 is 4.92 Å². The molecule has 0 aliphatic heterocycles. The van der Waals surface area contributed by atoms with Gasteiger partial charge in [-0.25, -0.2) is 0 Å². The van der Waals surface area contributed by atoms with Gasteiger partial charge in [0.25, 0.3) is 0 Å². The average Bonchev–Trinajstić information content (AvgIpc) is 2.92. The first kappa shape index (κ1) is 13.9. The van der Waals surface area contributed by atoms with E-state index >= 15 is 0 Å². The van der Waals surface area contributed by atoms with Gasteiger partial charge in [-0.1, -0.05) is 18.1 Å². The summed E-state index contributed by atoms with van der Waals surface area (Å²) in [4.78, 5) is 14.5. The van der Waals surface area contributed by atoms with Gasteiger partial charge in [0.2, 0.25) is 11.7 Å². The molecule has 0 amide bonds. The van der Waals surface area contributed by atoms with E-state index in [0.29, 0.717) is 18.1 Å². The molecule has 1 heterocycles. The summed E-state index contributed by atoms with van der Waals surface area (Å²) in [5.74, 6) is 0.976. The maximum Gasteiger partial charge on any atom is 0.310 e. The van der Waals surface area contributed by atoms with Gasteiger partial charge in [-0.05, 0) is 11.6 Å². The monoisotopic (exact) mass is 278 g/mol. The van der Waals surface area contributed by atoms with Crippen LogP contribution in [0.25, 0.3) is 0 Å². The largest absolute Gasteiger partial charge is 0.478 e. The van der Waals surface area contributed by atoms with Gasteiger partial charge in [0.15, 0.2) is 12.4 Å². The summed E-state index contributed by atoms with van der Waals surface area (Å²) in [5.41, 5.74) is 6.13. The van der Waals surface area contributed by atoms with Crippen LogP contribution in [0.4, 0.5) is 5.69 Å². The zero-order chi connectivity index (χ0) is 14.5. The highest BCUT2D eigenvalue weighted by Crippen LogP contribution is 2.28. The van der Waals surface area contributed by atoms with Crippen LogP contribution in [0, 0.1) is 10.1 Å². The van der Waals surface area contributed by atoms with Crippen molar-refractivity contribution in [3.63, 3.8) is 0 Å². The highest BCUT2D eigenvalue weighted by atomic mass is 16.6. The molecule has 0 aliphatic rings. The summed E-state index contributed by atoms with van der Waals surface area (Å²) in [5, 5.41) is 14.6. The number of aromatic nitrogens is 2. The number of nitrogens with two attached hydrogens (primary N) is 1. The highest BCUT2D eigenvalue weighted by Gasteiger charge is 2.16. The molecule has 0 saturated carbocycles. The number of ether oxygens (including phenoxy) is 1. The fraction of sp³-hybridized carbons (Fsp3) is 0.333.